The minimum absolute atomic E-state index is 0.0180. The Balaban J connectivity index is 1.18. The van der Waals surface area contributed by atoms with Crippen LogP contribution in [0.1, 0.15) is 54.2 Å². The van der Waals surface area contributed by atoms with Crippen LogP contribution in [0.3, 0.4) is 0 Å². The molecule has 5 aromatic rings. The zero-order valence-corrected chi connectivity index (χ0v) is 25.2. The Morgan fingerprint density at radius 1 is 0.727 bits per heavy atom. The average molecular weight is 585 g/mol. The number of aromatic nitrogens is 2. The van der Waals surface area contributed by atoms with Crippen molar-refractivity contribution in [2.24, 2.45) is 5.92 Å². The smallest absolute Gasteiger partial charge is 0.307 e. The maximum Gasteiger partial charge on any atom is 0.307 e. The maximum atomic E-state index is 12.9. The molecule has 0 saturated carbocycles. The Morgan fingerprint density at radius 2 is 1.32 bits per heavy atom. The first kappa shape index (κ1) is 30.4. The van der Waals surface area contributed by atoms with Gasteiger partial charge in [0.05, 0.1) is 5.92 Å². The SMILES string of the molecule is CC(C)(C)c1ccc(C(=O)C[C@@H](Cc2ccc(-c3ncc(-c4ccc(COc5ccccc5)cc4)cn3)cc2)C(=O)O)cc1. The van der Waals surface area contributed by atoms with Gasteiger partial charge in [0.15, 0.2) is 11.6 Å². The number of carboxylic acids is 1. The van der Waals surface area contributed by atoms with Gasteiger partial charge in [-0.25, -0.2) is 9.97 Å². The first-order valence-electron chi connectivity index (χ1n) is 14.7. The highest BCUT2D eigenvalue weighted by molar-refractivity contribution is 5.98. The minimum atomic E-state index is -0.982. The predicted octanol–water partition coefficient (Wildman–Crippen LogP) is 8.20. The normalized spacial score (nSPS) is 12.0. The van der Waals surface area contributed by atoms with Crippen molar-refractivity contribution in [1.29, 1.82) is 0 Å². The van der Waals surface area contributed by atoms with Crippen LogP contribution < -0.4 is 4.74 Å². The number of ketones is 1. The van der Waals surface area contributed by atoms with Gasteiger partial charge in [0.25, 0.3) is 0 Å². The monoisotopic (exact) mass is 584 g/mol. The molecule has 0 radical (unpaired) electrons. The van der Waals surface area contributed by atoms with E-state index in [1.165, 1.54) is 0 Å². The summed E-state index contributed by atoms with van der Waals surface area (Å²) in [5, 5.41) is 9.84. The van der Waals surface area contributed by atoms with Crippen molar-refractivity contribution in [1.82, 2.24) is 9.97 Å². The Hall–Kier alpha value is -5.10. The Labute approximate surface area is 258 Å². The van der Waals surface area contributed by atoms with Gasteiger partial charge in [-0.15, -0.1) is 0 Å². The van der Waals surface area contributed by atoms with Crippen molar-refractivity contribution >= 4 is 11.8 Å². The molecule has 0 saturated heterocycles. The fourth-order valence-corrected chi connectivity index (χ4v) is 4.92. The van der Waals surface area contributed by atoms with Crippen molar-refractivity contribution in [3.8, 4) is 28.3 Å². The molecule has 0 aliphatic carbocycles. The molecule has 0 aliphatic rings. The zero-order chi connectivity index (χ0) is 31.1. The van der Waals surface area contributed by atoms with Gasteiger partial charge < -0.3 is 9.84 Å². The second kappa shape index (κ2) is 13.5. The van der Waals surface area contributed by atoms with Crippen LogP contribution in [-0.4, -0.2) is 26.8 Å². The molecule has 0 amide bonds. The van der Waals surface area contributed by atoms with Gasteiger partial charge in [0.1, 0.15) is 12.4 Å². The average Bonchev–Trinajstić information content (AvgIpc) is 3.04. The van der Waals surface area contributed by atoms with E-state index in [1.807, 2.05) is 91.0 Å². The molecule has 5 rings (SSSR count). The summed E-state index contributed by atoms with van der Waals surface area (Å²) in [5.41, 5.74) is 6.29. The number of hydrogen-bond donors (Lipinski definition) is 1. The van der Waals surface area contributed by atoms with E-state index in [9.17, 15) is 14.7 Å². The number of aliphatic carboxylic acids is 1. The number of rotatable bonds is 11. The Morgan fingerprint density at radius 3 is 1.91 bits per heavy atom. The van der Waals surface area contributed by atoms with Crippen LogP contribution in [0.25, 0.3) is 22.5 Å². The first-order chi connectivity index (χ1) is 21.2. The topological polar surface area (TPSA) is 89.4 Å². The molecule has 0 bridgehead atoms. The van der Waals surface area contributed by atoms with E-state index in [0.717, 1.165) is 39.1 Å². The number of para-hydroxylation sites is 1. The quantitative estimate of drug-likeness (QED) is 0.157. The molecular weight excluding hydrogens is 548 g/mol. The molecule has 6 heteroatoms. The van der Waals surface area contributed by atoms with Gasteiger partial charge in [0.2, 0.25) is 0 Å². The van der Waals surface area contributed by atoms with Crippen molar-refractivity contribution in [3.05, 3.63) is 138 Å². The second-order valence-electron chi connectivity index (χ2n) is 12.0. The molecule has 0 spiro atoms. The number of ether oxygens (including phenoxy) is 1. The summed E-state index contributed by atoms with van der Waals surface area (Å²) >= 11 is 0. The lowest BCUT2D eigenvalue weighted by molar-refractivity contribution is -0.141. The van der Waals surface area contributed by atoms with Gasteiger partial charge in [-0.1, -0.05) is 112 Å². The first-order valence-corrected chi connectivity index (χ1v) is 14.7. The summed E-state index contributed by atoms with van der Waals surface area (Å²) in [5.74, 6) is -0.551. The van der Waals surface area contributed by atoms with Crippen LogP contribution in [0.15, 0.2) is 116 Å². The number of carbonyl (C=O) groups excluding carboxylic acids is 1. The number of hydrogen-bond acceptors (Lipinski definition) is 5. The van der Waals surface area contributed by atoms with Crippen LogP contribution in [-0.2, 0) is 23.2 Å². The van der Waals surface area contributed by atoms with E-state index in [1.54, 1.807) is 24.5 Å². The van der Waals surface area contributed by atoms with Gasteiger partial charge in [-0.2, -0.15) is 0 Å². The van der Waals surface area contributed by atoms with E-state index in [0.29, 0.717) is 18.0 Å². The minimum Gasteiger partial charge on any atom is -0.489 e. The number of carboxylic acid groups (broad SMARTS) is 1. The molecule has 0 aliphatic heterocycles. The predicted molar refractivity (Wildman–Crippen MR) is 173 cm³/mol. The third-order valence-electron chi connectivity index (χ3n) is 7.64. The van der Waals surface area contributed by atoms with Crippen LogP contribution in [0, 0.1) is 5.92 Å². The number of benzene rings is 4. The van der Waals surface area contributed by atoms with Gasteiger partial charge in [0, 0.05) is 35.5 Å². The summed E-state index contributed by atoms with van der Waals surface area (Å²) in [6.45, 7) is 6.83. The molecule has 0 unspecified atom stereocenters. The largest absolute Gasteiger partial charge is 0.489 e. The van der Waals surface area contributed by atoms with E-state index < -0.39 is 11.9 Å². The molecule has 222 valence electrons. The molecule has 1 aromatic heterocycles. The highest BCUT2D eigenvalue weighted by Gasteiger charge is 2.23. The van der Waals surface area contributed by atoms with Gasteiger partial charge in [-0.3, -0.25) is 9.59 Å². The summed E-state index contributed by atoms with van der Waals surface area (Å²) in [6, 6.07) is 32.8. The fourth-order valence-electron chi connectivity index (χ4n) is 4.92. The molecule has 6 nitrogen and oxygen atoms in total. The van der Waals surface area contributed by atoms with Crippen LogP contribution in [0.2, 0.25) is 0 Å². The van der Waals surface area contributed by atoms with E-state index in [2.05, 4.69) is 30.7 Å². The van der Waals surface area contributed by atoms with Crippen LogP contribution in [0.4, 0.5) is 0 Å². The lowest BCUT2D eigenvalue weighted by Gasteiger charge is -2.19. The number of carbonyl (C=O) groups is 2. The maximum absolute atomic E-state index is 12.9. The summed E-state index contributed by atoms with van der Waals surface area (Å²) in [6.07, 6.45) is 3.79. The fraction of sp³-hybridized carbons (Fsp3) is 0.211. The summed E-state index contributed by atoms with van der Waals surface area (Å²) in [7, 11) is 0. The number of Topliss-reactive ketones (excluding diaryl/α,β-unsaturated/α-hetero) is 1. The van der Waals surface area contributed by atoms with E-state index >= 15 is 0 Å². The summed E-state index contributed by atoms with van der Waals surface area (Å²) in [4.78, 5) is 34.0. The molecular formula is C38H36N2O4. The summed E-state index contributed by atoms with van der Waals surface area (Å²) < 4.78 is 5.82. The molecule has 1 atom stereocenters. The lowest BCUT2D eigenvalue weighted by atomic mass is 9.86. The van der Waals surface area contributed by atoms with Crippen LogP contribution >= 0.6 is 0 Å². The zero-order valence-electron chi connectivity index (χ0n) is 25.2. The van der Waals surface area contributed by atoms with Crippen LogP contribution in [0.5, 0.6) is 5.75 Å². The van der Waals surface area contributed by atoms with Crippen molar-refractivity contribution in [2.75, 3.05) is 0 Å². The highest BCUT2D eigenvalue weighted by atomic mass is 16.5. The molecule has 1 heterocycles. The standard InChI is InChI=1S/C38H36N2O4/c1-38(2,3)33-19-17-29(18-20-33)35(41)22-31(37(42)43)21-26-9-15-30(16-10-26)36-39-23-32(24-40-36)28-13-11-27(12-14-28)25-44-34-7-5-4-6-8-34/h4-20,23-24,31H,21-22,25H2,1-3H3,(H,42,43)/t31-/m1/s1. The van der Waals surface area contributed by atoms with Crippen molar-refractivity contribution < 1.29 is 19.4 Å². The molecule has 4 aromatic carbocycles. The van der Waals surface area contributed by atoms with Gasteiger partial charge >= 0.3 is 5.97 Å². The molecule has 1 N–H and O–H groups in total. The van der Waals surface area contributed by atoms with Crippen molar-refractivity contribution in [2.45, 2.75) is 45.6 Å². The Kier molecular flexibility index (Phi) is 9.29. The van der Waals surface area contributed by atoms with Crippen molar-refractivity contribution in [3.63, 3.8) is 0 Å². The molecule has 0 fully saturated rings. The third-order valence-corrected chi connectivity index (χ3v) is 7.64. The Bertz CT molecular complexity index is 1690. The second-order valence-corrected chi connectivity index (χ2v) is 12.0. The van der Waals surface area contributed by atoms with E-state index in [4.69, 9.17) is 4.74 Å². The third kappa shape index (κ3) is 7.84. The molecule has 44 heavy (non-hydrogen) atoms. The lowest BCUT2D eigenvalue weighted by Crippen LogP contribution is -2.20. The number of nitrogens with zero attached hydrogens (tertiary/aromatic N) is 2. The highest BCUT2D eigenvalue weighted by Crippen LogP contribution is 2.25. The van der Waals surface area contributed by atoms with Gasteiger partial charge in [-0.05, 0) is 46.2 Å². The van der Waals surface area contributed by atoms with E-state index in [-0.39, 0.29) is 24.0 Å².